The lowest BCUT2D eigenvalue weighted by Gasteiger charge is -2.18. The molecule has 0 aromatic rings. The van der Waals surface area contributed by atoms with Crippen LogP contribution in [0.3, 0.4) is 0 Å². The number of ether oxygens (including phenoxy) is 2. The zero-order valence-electron chi connectivity index (χ0n) is 13.7. The molecule has 1 atom stereocenters. The molecule has 1 amide bonds. The van der Waals surface area contributed by atoms with E-state index in [1.165, 1.54) is 0 Å². The summed E-state index contributed by atoms with van der Waals surface area (Å²) in [6.45, 7) is 0.848. The Bertz CT molecular complexity index is 345. The quantitative estimate of drug-likeness (QED) is 0.119. The molecule has 0 saturated carbocycles. The Morgan fingerprint density at radius 1 is 1.08 bits per heavy atom. The van der Waals surface area contributed by atoms with Crippen LogP contribution in [0, 0.1) is 0 Å². The van der Waals surface area contributed by atoms with Crippen molar-refractivity contribution in [1.29, 1.82) is 0 Å². The summed E-state index contributed by atoms with van der Waals surface area (Å²) in [7, 11) is 0. The first-order valence-electron chi connectivity index (χ1n) is 7.47. The number of hydrogen-bond donors (Lipinski definition) is 5. The van der Waals surface area contributed by atoms with Gasteiger partial charge in [0.05, 0.1) is 30.6 Å². The minimum Gasteiger partial charge on any atom is -0.377 e. The summed E-state index contributed by atoms with van der Waals surface area (Å²) >= 11 is 0. The highest BCUT2D eigenvalue weighted by atomic mass is 17.1. The number of carbonyl (C=O) groups excluding carboxylic acids is 2. The average molecular weight is 371 g/mol. The van der Waals surface area contributed by atoms with Crippen molar-refractivity contribution in [3.63, 3.8) is 0 Å². The van der Waals surface area contributed by atoms with Gasteiger partial charge in [0.25, 0.3) is 0 Å². The first-order valence-corrected chi connectivity index (χ1v) is 7.47. The van der Waals surface area contributed by atoms with Gasteiger partial charge in [-0.25, -0.2) is 9.68 Å². The fourth-order valence-corrected chi connectivity index (χ4v) is 1.64. The molecule has 0 radical (unpaired) electrons. The monoisotopic (exact) mass is 371 g/mol. The van der Waals surface area contributed by atoms with Crippen LogP contribution >= 0.6 is 0 Å². The van der Waals surface area contributed by atoms with Crippen LogP contribution in [0.1, 0.15) is 19.3 Å². The molecule has 0 aromatic carbocycles. The van der Waals surface area contributed by atoms with Crippen LogP contribution in [0.4, 0.5) is 0 Å². The Kier molecular flexibility index (Phi) is 15.4. The molecule has 0 spiro atoms. The van der Waals surface area contributed by atoms with E-state index in [9.17, 15) is 9.59 Å². The lowest BCUT2D eigenvalue weighted by molar-refractivity contribution is -0.527. The summed E-state index contributed by atoms with van der Waals surface area (Å²) in [5.74, 6) is -0.240. The SMILES string of the molecule is O=CCOCCOCCNC(=O)CCCC(CON(O)O)ON(O)O. The van der Waals surface area contributed by atoms with Crippen LogP contribution in [0.15, 0.2) is 0 Å². The maximum Gasteiger partial charge on any atom is 0.220 e. The van der Waals surface area contributed by atoms with Gasteiger partial charge in [0.15, 0.2) is 0 Å². The van der Waals surface area contributed by atoms with E-state index < -0.39 is 16.9 Å². The van der Waals surface area contributed by atoms with Gasteiger partial charge in [0, 0.05) is 13.0 Å². The third-order valence-corrected chi connectivity index (χ3v) is 2.68. The van der Waals surface area contributed by atoms with Crippen LogP contribution in [-0.4, -0.2) is 89.5 Å². The highest BCUT2D eigenvalue weighted by Gasteiger charge is 2.15. The Morgan fingerprint density at radius 2 is 1.80 bits per heavy atom. The van der Waals surface area contributed by atoms with E-state index in [1.54, 1.807) is 0 Å². The molecule has 1 unspecified atom stereocenters. The lowest BCUT2D eigenvalue weighted by Crippen LogP contribution is -2.31. The molecule has 25 heavy (non-hydrogen) atoms. The lowest BCUT2D eigenvalue weighted by atomic mass is 10.1. The maximum atomic E-state index is 11.6. The topological polar surface area (TPSA) is 170 Å². The molecule has 0 bridgehead atoms. The Balaban J connectivity index is 3.68. The third kappa shape index (κ3) is 17.4. The molecule has 0 rings (SSSR count). The number of carbonyl (C=O) groups is 2. The minimum absolute atomic E-state index is 0.0226. The first kappa shape index (κ1) is 23.7. The molecule has 0 aliphatic carbocycles. The number of nitrogens with one attached hydrogen (secondary N) is 1. The van der Waals surface area contributed by atoms with E-state index in [4.69, 9.17) is 30.3 Å². The molecule has 13 nitrogen and oxygen atoms in total. The van der Waals surface area contributed by atoms with Gasteiger partial charge in [-0.15, -0.1) is 0 Å². The van der Waals surface area contributed by atoms with Crippen LogP contribution in [0.2, 0.25) is 0 Å². The summed E-state index contributed by atoms with van der Waals surface area (Å²) in [5, 5.41) is 35.6. The van der Waals surface area contributed by atoms with E-state index >= 15 is 0 Å². The predicted octanol–water partition coefficient (Wildman–Crippen LogP) is -1.10. The first-order chi connectivity index (χ1) is 12.0. The molecule has 148 valence electrons. The molecular formula is C12H25N3O10. The second-order valence-corrected chi connectivity index (χ2v) is 4.62. The molecule has 0 aliphatic rings. The molecule has 5 N–H and O–H groups in total. The highest BCUT2D eigenvalue weighted by Crippen LogP contribution is 2.07. The summed E-state index contributed by atoms with van der Waals surface area (Å²) in [4.78, 5) is 30.4. The van der Waals surface area contributed by atoms with Crippen molar-refractivity contribution in [2.75, 3.05) is 39.6 Å². The Labute approximate surface area is 144 Å². The molecule has 0 aliphatic heterocycles. The smallest absolute Gasteiger partial charge is 0.220 e. The minimum atomic E-state index is -0.917. The van der Waals surface area contributed by atoms with E-state index in [2.05, 4.69) is 15.0 Å². The second-order valence-electron chi connectivity index (χ2n) is 4.62. The number of nitrogens with zero attached hydrogens (tertiary/aromatic N) is 2. The fourth-order valence-electron chi connectivity index (χ4n) is 1.64. The van der Waals surface area contributed by atoms with Crippen molar-refractivity contribution in [3.8, 4) is 0 Å². The number of hydrogen-bond acceptors (Lipinski definition) is 12. The number of rotatable bonds is 17. The summed E-state index contributed by atoms with van der Waals surface area (Å²) in [6, 6.07) is 0. The van der Waals surface area contributed by atoms with Gasteiger partial charge >= 0.3 is 0 Å². The Morgan fingerprint density at radius 3 is 2.44 bits per heavy atom. The predicted molar refractivity (Wildman–Crippen MR) is 76.2 cm³/mol. The van der Waals surface area contributed by atoms with Crippen LogP contribution in [0.25, 0.3) is 0 Å². The van der Waals surface area contributed by atoms with Gasteiger partial charge in [-0.2, -0.15) is 0 Å². The zero-order chi connectivity index (χ0) is 18.9. The molecule has 0 fully saturated rings. The van der Waals surface area contributed by atoms with Gasteiger partial charge in [0.2, 0.25) is 5.91 Å². The van der Waals surface area contributed by atoms with E-state index in [0.29, 0.717) is 39.1 Å². The van der Waals surface area contributed by atoms with Crippen LogP contribution < -0.4 is 5.32 Å². The van der Waals surface area contributed by atoms with Gasteiger partial charge < -0.3 is 19.6 Å². The normalized spacial score (nSPS) is 12.6. The van der Waals surface area contributed by atoms with Crippen molar-refractivity contribution >= 4 is 12.2 Å². The van der Waals surface area contributed by atoms with Crippen molar-refractivity contribution in [2.24, 2.45) is 0 Å². The average Bonchev–Trinajstić information content (AvgIpc) is 2.54. The van der Waals surface area contributed by atoms with E-state index in [1.807, 2.05) is 0 Å². The molecular weight excluding hydrogens is 346 g/mol. The van der Waals surface area contributed by atoms with E-state index in [0.717, 1.165) is 0 Å². The second kappa shape index (κ2) is 16.2. The molecule has 0 heterocycles. The van der Waals surface area contributed by atoms with Gasteiger partial charge in [-0.05, 0) is 12.8 Å². The molecule has 0 aromatic heterocycles. The standard InChI is InChI=1S/C12H25N3O10/c16-5-7-23-9-8-22-6-4-13-12(17)3-1-2-11(25-15(20)21)10-24-14(18)19/h5,11,18-21H,1-4,6-10H2,(H,13,17). The van der Waals surface area contributed by atoms with Crippen molar-refractivity contribution in [2.45, 2.75) is 25.4 Å². The number of amides is 1. The molecule has 0 saturated heterocycles. The third-order valence-electron chi connectivity index (χ3n) is 2.68. The van der Waals surface area contributed by atoms with Gasteiger partial charge in [-0.3, -0.25) is 25.6 Å². The van der Waals surface area contributed by atoms with Crippen molar-refractivity contribution in [1.82, 2.24) is 16.1 Å². The summed E-state index contributed by atoms with van der Waals surface area (Å²) in [6.07, 6.45) is 0.374. The molecule has 13 heteroatoms. The van der Waals surface area contributed by atoms with Crippen LogP contribution in [-0.2, 0) is 28.7 Å². The fraction of sp³-hybridized carbons (Fsp3) is 0.833. The largest absolute Gasteiger partial charge is 0.377 e. The van der Waals surface area contributed by atoms with Crippen molar-refractivity contribution in [3.05, 3.63) is 0 Å². The summed E-state index contributed by atoms with van der Waals surface area (Å²) in [5.41, 5.74) is 0. The Hall–Kier alpha value is -1.26. The van der Waals surface area contributed by atoms with Gasteiger partial charge in [-0.1, -0.05) is 0 Å². The highest BCUT2D eigenvalue weighted by molar-refractivity contribution is 5.75. The number of aldehydes is 1. The van der Waals surface area contributed by atoms with Gasteiger partial charge in [0.1, 0.15) is 25.6 Å². The maximum absolute atomic E-state index is 11.6. The van der Waals surface area contributed by atoms with E-state index in [-0.39, 0.29) is 32.0 Å². The van der Waals surface area contributed by atoms with Crippen LogP contribution in [0.5, 0.6) is 0 Å². The zero-order valence-corrected chi connectivity index (χ0v) is 13.7. The summed E-state index contributed by atoms with van der Waals surface area (Å²) < 4.78 is 10.0. The van der Waals surface area contributed by atoms with Crippen molar-refractivity contribution < 1.29 is 49.6 Å².